The Morgan fingerprint density at radius 1 is 1.07 bits per heavy atom. The van der Waals surface area contributed by atoms with Gasteiger partial charge in [-0.15, -0.1) is 0 Å². The van der Waals surface area contributed by atoms with Crippen molar-refractivity contribution in [1.82, 2.24) is 14.1 Å². The molecule has 0 spiro atoms. The Balaban J connectivity index is 1.56. The number of hydrogen-bond acceptors (Lipinski definition) is 6. The van der Waals surface area contributed by atoms with E-state index in [1.54, 1.807) is 6.07 Å². The fourth-order valence-corrected chi connectivity index (χ4v) is 5.67. The lowest BCUT2D eigenvalue weighted by Gasteiger charge is -2.33. The van der Waals surface area contributed by atoms with Crippen molar-refractivity contribution in [3.63, 3.8) is 0 Å². The van der Waals surface area contributed by atoms with Gasteiger partial charge in [0, 0.05) is 45.2 Å². The third-order valence-corrected chi connectivity index (χ3v) is 8.02. The molecule has 0 aliphatic carbocycles. The molecule has 2 heterocycles. The zero-order chi connectivity index (χ0) is 21.7. The summed E-state index contributed by atoms with van der Waals surface area (Å²) in [5.74, 6) is 0.865. The molecule has 0 N–H and O–H groups in total. The summed E-state index contributed by atoms with van der Waals surface area (Å²) in [5, 5.41) is 0. The van der Waals surface area contributed by atoms with Crippen molar-refractivity contribution in [2.75, 3.05) is 60.5 Å². The summed E-state index contributed by atoms with van der Waals surface area (Å²) in [5.41, 5.74) is 0. The molecule has 0 bridgehead atoms. The number of nitrogens with zero attached hydrogens (tertiary/aromatic N) is 3. The topological polar surface area (TPSA) is 79.4 Å². The number of methoxy groups -OCH3 is 2. The SMILES string of the molecule is COc1ccc(S(=O)(=O)N2CCC(C(=O)N(C)CCN3CCCC3)CC2)cc1OC. The second-order valence-corrected chi connectivity index (χ2v) is 9.94. The highest BCUT2D eigenvalue weighted by molar-refractivity contribution is 7.89. The van der Waals surface area contributed by atoms with Crippen molar-refractivity contribution in [3.05, 3.63) is 18.2 Å². The smallest absolute Gasteiger partial charge is 0.243 e. The summed E-state index contributed by atoms with van der Waals surface area (Å²) in [6.07, 6.45) is 3.56. The van der Waals surface area contributed by atoms with Gasteiger partial charge >= 0.3 is 0 Å². The predicted octanol–water partition coefficient (Wildman–Crippen LogP) is 1.66. The van der Waals surface area contributed by atoms with Crippen LogP contribution in [-0.2, 0) is 14.8 Å². The minimum Gasteiger partial charge on any atom is -0.493 e. The highest BCUT2D eigenvalue weighted by Gasteiger charge is 2.33. The number of likely N-dealkylation sites (N-methyl/N-ethyl adjacent to an activating group) is 1. The summed E-state index contributed by atoms with van der Waals surface area (Å²) >= 11 is 0. The zero-order valence-corrected chi connectivity index (χ0v) is 19.0. The number of carbonyl (C=O) groups excluding carboxylic acids is 1. The molecule has 1 aromatic carbocycles. The Bertz CT molecular complexity index is 831. The molecule has 3 rings (SSSR count). The molecule has 0 aromatic heterocycles. The van der Waals surface area contributed by atoms with Crippen molar-refractivity contribution in [2.24, 2.45) is 5.92 Å². The molecule has 0 unspecified atom stereocenters. The van der Waals surface area contributed by atoms with Crippen LogP contribution in [0.25, 0.3) is 0 Å². The van der Waals surface area contributed by atoms with Crippen LogP contribution in [0.3, 0.4) is 0 Å². The normalized spacial score (nSPS) is 19.0. The molecule has 30 heavy (non-hydrogen) atoms. The highest BCUT2D eigenvalue weighted by Crippen LogP contribution is 2.32. The number of piperidine rings is 1. The summed E-state index contributed by atoms with van der Waals surface area (Å²) in [6, 6.07) is 4.61. The second-order valence-electron chi connectivity index (χ2n) is 8.00. The maximum atomic E-state index is 13.0. The molecule has 1 aromatic rings. The molecule has 2 saturated heterocycles. The minimum atomic E-state index is -3.64. The summed E-state index contributed by atoms with van der Waals surface area (Å²) in [7, 11) is 1.20. The molecule has 0 atom stereocenters. The zero-order valence-electron chi connectivity index (χ0n) is 18.2. The average Bonchev–Trinajstić information content (AvgIpc) is 3.30. The Hall–Kier alpha value is -1.84. The van der Waals surface area contributed by atoms with Gasteiger partial charge in [-0.25, -0.2) is 8.42 Å². The molecule has 0 radical (unpaired) electrons. The summed E-state index contributed by atoms with van der Waals surface area (Å²) in [4.78, 5) is 17.2. The van der Waals surface area contributed by atoms with E-state index in [-0.39, 0.29) is 16.7 Å². The average molecular weight is 440 g/mol. The van der Waals surface area contributed by atoms with Crippen LogP contribution in [0.4, 0.5) is 0 Å². The Morgan fingerprint density at radius 3 is 2.30 bits per heavy atom. The summed E-state index contributed by atoms with van der Waals surface area (Å²) in [6.45, 7) is 4.56. The lowest BCUT2D eigenvalue weighted by Crippen LogP contribution is -2.44. The highest BCUT2D eigenvalue weighted by atomic mass is 32.2. The molecule has 168 valence electrons. The maximum absolute atomic E-state index is 13.0. The van der Waals surface area contributed by atoms with Crippen molar-refractivity contribution < 1.29 is 22.7 Å². The van der Waals surface area contributed by atoms with Crippen LogP contribution in [-0.4, -0.2) is 89.0 Å². The van der Waals surface area contributed by atoms with Crippen LogP contribution < -0.4 is 9.47 Å². The lowest BCUT2D eigenvalue weighted by atomic mass is 9.97. The van der Waals surface area contributed by atoms with Gasteiger partial charge in [-0.05, 0) is 50.9 Å². The van der Waals surface area contributed by atoms with Gasteiger partial charge in [0.05, 0.1) is 19.1 Å². The van der Waals surface area contributed by atoms with Gasteiger partial charge in [0.25, 0.3) is 0 Å². The molecule has 8 nitrogen and oxygen atoms in total. The number of ether oxygens (including phenoxy) is 2. The Kier molecular flexibility index (Phi) is 7.60. The molecular weight excluding hydrogens is 406 g/mol. The second kappa shape index (κ2) is 9.98. The largest absolute Gasteiger partial charge is 0.493 e. The summed E-state index contributed by atoms with van der Waals surface area (Å²) < 4.78 is 38.0. The first-order valence-corrected chi connectivity index (χ1v) is 12.0. The molecule has 2 aliphatic rings. The van der Waals surface area contributed by atoms with Crippen LogP contribution in [0.2, 0.25) is 0 Å². The molecule has 1 amide bonds. The van der Waals surface area contributed by atoms with Crippen molar-refractivity contribution in [2.45, 2.75) is 30.6 Å². The van der Waals surface area contributed by atoms with E-state index in [1.165, 1.54) is 43.5 Å². The Morgan fingerprint density at radius 2 is 1.70 bits per heavy atom. The minimum absolute atomic E-state index is 0.120. The van der Waals surface area contributed by atoms with E-state index >= 15 is 0 Å². The first kappa shape index (κ1) is 22.8. The Labute approximate surface area is 179 Å². The third-order valence-electron chi connectivity index (χ3n) is 6.12. The number of hydrogen-bond donors (Lipinski definition) is 0. The van der Waals surface area contributed by atoms with Crippen LogP contribution in [0.5, 0.6) is 11.5 Å². The van der Waals surface area contributed by atoms with Crippen LogP contribution in [0, 0.1) is 5.92 Å². The first-order valence-electron chi connectivity index (χ1n) is 10.6. The van der Waals surface area contributed by atoms with E-state index in [4.69, 9.17) is 9.47 Å². The van der Waals surface area contributed by atoms with Gasteiger partial charge < -0.3 is 19.3 Å². The number of benzene rings is 1. The molecule has 2 fully saturated rings. The molecule has 2 aliphatic heterocycles. The molecular formula is C21H33N3O5S. The number of likely N-dealkylation sites (tertiary alicyclic amines) is 1. The van der Waals surface area contributed by atoms with Crippen LogP contribution >= 0.6 is 0 Å². The molecule has 9 heteroatoms. The quantitative estimate of drug-likeness (QED) is 0.613. The predicted molar refractivity (Wildman–Crippen MR) is 114 cm³/mol. The number of sulfonamides is 1. The van der Waals surface area contributed by atoms with Crippen LogP contribution in [0.15, 0.2) is 23.1 Å². The van der Waals surface area contributed by atoms with Gasteiger partial charge in [-0.3, -0.25) is 4.79 Å². The van der Waals surface area contributed by atoms with Gasteiger partial charge in [-0.1, -0.05) is 0 Å². The molecule has 0 saturated carbocycles. The van der Waals surface area contributed by atoms with E-state index in [9.17, 15) is 13.2 Å². The van der Waals surface area contributed by atoms with Gasteiger partial charge in [0.2, 0.25) is 15.9 Å². The van der Waals surface area contributed by atoms with Crippen molar-refractivity contribution >= 4 is 15.9 Å². The van der Waals surface area contributed by atoms with Crippen molar-refractivity contribution in [1.29, 1.82) is 0 Å². The van der Waals surface area contributed by atoms with Crippen LogP contribution in [0.1, 0.15) is 25.7 Å². The van der Waals surface area contributed by atoms with Gasteiger partial charge in [-0.2, -0.15) is 4.31 Å². The van der Waals surface area contributed by atoms with E-state index in [0.717, 1.165) is 26.2 Å². The van der Waals surface area contributed by atoms with E-state index in [1.807, 2.05) is 11.9 Å². The fraction of sp³-hybridized carbons (Fsp3) is 0.667. The lowest BCUT2D eigenvalue weighted by molar-refractivity contribution is -0.135. The number of amides is 1. The van der Waals surface area contributed by atoms with E-state index in [2.05, 4.69) is 4.90 Å². The standard InChI is InChI=1S/C21H33N3O5S/c1-22(14-15-23-10-4-5-11-23)21(25)17-8-12-24(13-9-17)30(26,27)18-6-7-19(28-2)20(16-18)29-3/h6-7,16-17H,4-5,8-15H2,1-3H3. The monoisotopic (exact) mass is 439 g/mol. The number of rotatable bonds is 8. The van der Waals surface area contributed by atoms with Crippen molar-refractivity contribution in [3.8, 4) is 11.5 Å². The fourth-order valence-electron chi connectivity index (χ4n) is 4.19. The third kappa shape index (κ3) is 5.07. The van der Waals surface area contributed by atoms with E-state index < -0.39 is 10.0 Å². The first-order chi connectivity index (χ1) is 14.4. The van der Waals surface area contributed by atoms with E-state index in [0.29, 0.717) is 37.4 Å². The van der Waals surface area contributed by atoms with Gasteiger partial charge in [0.15, 0.2) is 11.5 Å². The van der Waals surface area contributed by atoms with Gasteiger partial charge in [0.1, 0.15) is 0 Å². The number of carbonyl (C=O) groups is 1. The maximum Gasteiger partial charge on any atom is 0.243 e.